The Bertz CT molecular complexity index is 532. The zero-order chi connectivity index (χ0) is 17.7. The molecule has 0 spiro atoms. The number of piperazine rings is 1. The first kappa shape index (κ1) is 28.5. The molecule has 27 heavy (non-hydrogen) atoms. The van der Waals surface area contributed by atoms with E-state index < -0.39 is 6.04 Å². The van der Waals surface area contributed by atoms with Crippen molar-refractivity contribution in [3.63, 3.8) is 0 Å². The first-order valence-corrected chi connectivity index (χ1v) is 8.86. The summed E-state index contributed by atoms with van der Waals surface area (Å²) in [5.41, 5.74) is 7.08. The van der Waals surface area contributed by atoms with E-state index in [1.165, 1.54) is 5.69 Å². The van der Waals surface area contributed by atoms with Crippen LogP contribution in [0.2, 0.25) is 0 Å². The first-order chi connectivity index (χ1) is 11.3. The number of rotatable bonds is 5. The molecule has 2 atom stereocenters. The highest BCUT2D eigenvalue weighted by Gasteiger charge is 2.28. The Labute approximate surface area is 182 Å². The lowest BCUT2D eigenvalue weighted by molar-refractivity contribution is -0.124. The number of benzene rings is 1. The van der Waals surface area contributed by atoms with Gasteiger partial charge in [0.2, 0.25) is 5.91 Å². The summed E-state index contributed by atoms with van der Waals surface area (Å²) in [5, 5.41) is 3.01. The Hall–Kier alpha value is -0.720. The molecule has 0 saturated carbocycles. The number of para-hydroxylation sites is 1. The number of anilines is 1. The predicted molar refractivity (Wildman–Crippen MR) is 122 cm³/mol. The van der Waals surface area contributed by atoms with Crippen LogP contribution in [0.15, 0.2) is 30.3 Å². The number of nitrogens with two attached hydrogens (primary N) is 1. The number of nitrogens with one attached hydrogen (secondary N) is 1. The normalized spacial score (nSPS) is 16.9. The molecule has 0 radical (unpaired) electrons. The van der Waals surface area contributed by atoms with Crippen LogP contribution in [0.5, 0.6) is 0 Å². The van der Waals surface area contributed by atoms with Gasteiger partial charge in [-0.1, -0.05) is 39.0 Å². The van der Waals surface area contributed by atoms with Gasteiger partial charge in [-0.15, -0.1) is 37.2 Å². The smallest absolute Gasteiger partial charge is 0.237 e. The van der Waals surface area contributed by atoms with Crippen molar-refractivity contribution in [3.05, 3.63) is 30.3 Å². The lowest BCUT2D eigenvalue weighted by Gasteiger charge is -2.39. The van der Waals surface area contributed by atoms with Crippen LogP contribution in [-0.2, 0) is 4.79 Å². The lowest BCUT2D eigenvalue weighted by Crippen LogP contribution is -2.54. The summed E-state index contributed by atoms with van der Waals surface area (Å²) < 4.78 is 0. The van der Waals surface area contributed by atoms with Crippen molar-refractivity contribution in [2.45, 2.75) is 39.8 Å². The van der Waals surface area contributed by atoms with Gasteiger partial charge in [0.05, 0.1) is 6.04 Å². The maximum absolute atomic E-state index is 12.2. The molecule has 2 rings (SSSR count). The van der Waals surface area contributed by atoms with Crippen LogP contribution < -0.4 is 16.0 Å². The van der Waals surface area contributed by atoms with Gasteiger partial charge in [0.15, 0.2) is 0 Å². The molecule has 1 unspecified atom stereocenters. The average Bonchev–Trinajstić information content (AvgIpc) is 2.58. The number of carbonyl (C=O) groups excluding carboxylic acids is 1. The van der Waals surface area contributed by atoms with Gasteiger partial charge in [0, 0.05) is 44.5 Å². The second kappa shape index (κ2) is 12.7. The van der Waals surface area contributed by atoms with Gasteiger partial charge in [-0.2, -0.15) is 0 Å². The fraction of sp³-hybridized carbons (Fsp3) is 0.632. The van der Waals surface area contributed by atoms with Gasteiger partial charge in [0.1, 0.15) is 0 Å². The molecule has 1 aliphatic heterocycles. The number of hydrogen-bond acceptors (Lipinski definition) is 4. The van der Waals surface area contributed by atoms with E-state index in [1.54, 1.807) is 0 Å². The number of amides is 1. The number of nitrogens with zero attached hydrogens (tertiary/aromatic N) is 2. The monoisotopic (exact) mass is 440 g/mol. The van der Waals surface area contributed by atoms with Gasteiger partial charge < -0.3 is 16.0 Å². The molecule has 8 heteroatoms. The summed E-state index contributed by atoms with van der Waals surface area (Å²) in [5.74, 6) is -0.0581. The lowest BCUT2D eigenvalue weighted by atomic mass is 9.87. The van der Waals surface area contributed by atoms with E-state index in [0.717, 1.165) is 26.2 Å². The second-order valence-corrected chi connectivity index (χ2v) is 7.80. The topological polar surface area (TPSA) is 61.6 Å². The van der Waals surface area contributed by atoms with Gasteiger partial charge in [-0.05, 0) is 24.5 Å². The van der Waals surface area contributed by atoms with Crippen LogP contribution >= 0.6 is 37.2 Å². The van der Waals surface area contributed by atoms with Gasteiger partial charge in [-0.3, -0.25) is 9.69 Å². The molecule has 1 aromatic carbocycles. The second-order valence-electron chi connectivity index (χ2n) is 7.80. The minimum atomic E-state index is -0.473. The third kappa shape index (κ3) is 8.44. The fourth-order valence-electron chi connectivity index (χ4n) is 2.94. The van der Waals surface area contributed by atoms with Crippen LogP contribution in [0, 0.1) is 5.41 Å². The molecule has 0 aliphatic carbocycles. The molecule has 158 valence electrons. The summed E-state index contributed by atoms with van der Waals surface area (Å²) in [7, 11) is 0. The third-order valence-corrected chi connectivity index (χ3v) is 4.85. The first-order valence-electron chi connectivity index (χ1n) is 8.86. The minimum Gasteiger partial charge on any atom is -0.369 e. The van der Waals surface area contributed by atoms with Crippen molar-refractivity contribution in [2.24, 2.45) is 11.1 Å². The van der Waals surface area contributed by atoms with Gasteiger partial charge in [-0.25, -0.2) is 0 Å². The van der Waals surface area contributed by atoms with Crippen LogP contribution in [-0.4, -0.2) is 55.6 Å². The van der Waals surface area contributed by atoms with Crippen molar-refractivity contribution in [3.8, 4) is 0 Å². The Kier molecular flexibility index (Phi) is 13.4. The number of halogens is 3. The average molecular weight is 442 g/mol. The molecule has 5 nitrogen and oxygen atoms in total. The molecule has 1 fully saturated rings. The zero-order valence-electron chi connectivity index (χ0n) is 16.7. The van der Waals surface area contributed by atoms with Crippen LogP contribution in [0.1, 0.15) is 27.7 Å². The number of hydrogen-bond donors (Lipinski definition) is 2. The van der Waals surface area contributed by atoms with E-state index in [1.807, 2.05) is 26.8 Å². The highest BCUT2D eigenvalue weighted by Crippen LogP contribution is 2.18. The largest absolute Gasteiger partial charge is 0.369 e. The Morgan fingerprint density at radius 3 is 2.07 bits per heavy atom. The predicted octanol–water partition coefficient (Wildman–Crippen LogP) is 2.95. The summed E-state index contributed by atoms with van der Waals surface area (Å²) in [6.45, 7) is 12.8. The van der Waals surface area contributed by atoms with E-state index in [-0.39, 0.29) is 48.5 Å². The Balaban J connectivity index is 0. The van der Waals surface area contributed by atoms with E-state index in [2.05, 4.69) is 46.3 Å². The fourth-order valence-corrected chi connectivity index (χ4v) is 2.94. The Morgan fingerprint density at radius 1 is 1.07 bits per heavy atom. The van der Waals surface area contributed by atoms with Crippen LogP contribution in [0.4, 0.5) is 5.69 Å². The van der Waals surface area contributed by atoms with Crippen molar-refractivity contribution in [2.75, 3.05) is 37.6 Å². The van der Waals surface area contributed by atoms with Crippen LogP contribution in [0.3, 0.4) is 0 Å². The quantitative estimate of drug-likeness (QED) is 0.737. The zero-order valence-corrected chi connectivity index (χ0v) is 19.1. The van der Waals surface area contributed by atoms with Crippen molar-refractivity contribution >= 4 is 48.8 Å². The van der Waals surface area contributed by atoms with E-state index in [9.17, 15) is 4.79 Å². The molecule has 1 saturated heterocycles. The molecular weight excluding hydrogens is 407 g/mol. The molecule has 1 aliphatic rings. The summed E-state index contributed by atoms with van der Waals surface area (Å²) in [4.78, 5) is 17.0. The highest BCUT2D eigenvalue weighted by molar-refractivity contribution is 5.86. The molecule has 3 N–H and O–H groups in total. The molecule has 1 aromatic rings. The van der Waals surface area contributed by atoms with Gasteiger partial charge in [0.25, 0.3) is 0 Å². The van der Waals surface area contributed by atoms with Crippen LogP contribution in [0.25, 0.3) is 0 Å². The van der Waals surface area contributed by atoms with Crippen molar-refractivity contribution < 1.29 is 4.79 Å². The standard InChI is InChI=1S/C19H32N4O.3ClH/c1-15(14-21-18(24)17(20)19(2,3)4)22-10-12-23(13-11-22)16-8-6-5-7-9-16;;;/h5-9,15,17H,10-14,20H2,1-4H3,(H,21,24);3*1H/t15?,17-;;;/m1.../s1. The molecular formula is C19H35Cl3N4O. The van der Waals surface area contributed by atoms with E-state index in [4.69, 9.17) is 5.73 Å². The minimum absolute atomic E-state index is 0. The van der Waals surface area contributed by atoms with E-state index >= 15 is 0 Å². The SMILES string of the molecule is CC(CNC(=O)[C@@H](N)C(C)(C)C)N1CCN(c2ccccc2)CC1.Cl.Cl.Cl. The number of carbonyl (C=O) groups is 1. The maximum Gasteiger partial charge on any atom is 0.237 e. The molecule has 1 amide bonds. The maximum atomic E-state index is 12.2. The third-order valence-electron chi connectivity index (χ3n) is 4.85. The summed E-state index contributed by atoms with van der Waals surface area (Å²) >= 11 is 0. The summed E-state index contributed by atoms with van der Waals surface area (Å²) in [6, 6.07) is 10.4. The van der Waals surface area contributed by atoms with E-state index in [0.29, 0.717) is 12.6 Å². The van der Waals surface area contributed by atoms with Crippen molar-refractivity contribution in [1.29, 1.82) is 0 Å². The summed E-state index contributed by atoms with van der Waals surface area (Å²) in [6.07, 6.45) is 0. The molecule has 1 heterocycles. The highest BCUT2D eigenvalue weighted by atomic mass is 35.5. The Morgan fingerprint density at radius 2 is 1.59 bits per heavy atom. The molecule has 0 bridgehead atoms. The van der Waals surface area contributed by atoms with Crippen molar-refractivity contribution in [1.82, 2.24) is 10.2 Å². The molecule has 0 aromatic heterocycles. The van der Waals surface area contributed by atoms with Gasteiger partial charge >= 0.3 is 0 Å².